The first-order valence-electron chi connectivity index (χ1n) is 24.2. The molecule has 3 unspecified atom stereocenters. The SMILES string of the molecule is CCCCCCCCCCC(OC(=O)CC)C(=O)OCC(COC(=O)C(CCCCCCCCCC)OC(=O)CC)OC(=O)C(CCCCCCCCCC)OC(=O)CC. The summed E-state index contributed by atoms with van der Waals surface area (Å²) in [5.41, 5.74) is 0. The molecule has 0 spiro atoms. The first kappa shape index (κ1) is 56.8. The van der Waals surface area contributed by atoms with Crippen LogP contribution < -0.4 is 0 Å². The van der Waals surface area contributed by atoms with Crippen LogP contribution in [0.3, 0.4) is 0 Å². The zero-order valence-corrected chi connectivity index (χ0v) is 38.8. The largest absolute Gasteiger partial charge is 0.459 e. The molecule has 0 aliphatic rings. The summed E-state index contributed by atoms with van der Waals surface area (Å²) >= 11 is 0. The van der Waals surface area contributed by atoms with Crippen molar-refractivity contribution in [2.24, 2.45) is 0 Å². The first-order chi connectivity index (χ1) is 29.1. The summed E-state index contributed by atoms with van der Waals surface area (Å²) in [5, 5.41) is 0. The molecule has 0 aromatic heterocycles. The van der Waals surface area contributed by atoms with Crippen molar-refractivity contribution in [1.29, 1.82) is 0 Å². The van der Waals surface area contributed by atoms with Crippen LogP contribution in [0.1, 0.15) is 234 Å². The normalized spacial score (nSPS) is 13.1. The van der Waals surface area contributed by atoms with Gasteiger partial charge >= 0.3 is 35.8 Å². The summed E-state index contributed by atoms with van der Waals surface area (Å²) in [6.07, 6.45) is 21.3. The van der Waals surface area contributed by atoms with Crippen molar-refractivity contribution in [1.82, 2.24) is 0 Å². The fraction of sp³-hybridized carbons (Fsp3) is 0.875. The van der Waals surface area contributed by atoms with Crippen LogP contribution in [0, 0.1) is 0 Å². The molecule has 0 radical (unpaired) electrons. The Morgan fingerprint density at radius 2 is 0.567 bits per heavy atom. The molecule has 12 heteroatoms. The Balaban J connectivity index is 5.90. The van der Waals surface area contributed by atoms with Gasteiger partial charge in [0.15, 0.2) is 24.4 Å². The summed E-state index contributed by atoms with van der Waals surface area (Å²) in [5.74, 6) is -4.10. The Morgan fingerprint density at radius 3 is 0.833 bits per heavy atom. The lowest BCUT2D eigenvalue weighted by Gasteiger charge is -2.24. The molecule has 0 saturated carbocycles. The predicted molar refractivity (Wildman–Crippen MR) is 234 cm³/mol. The summed E-state index contributed by atoms with van der Waals surface area (Å²) in [7, 11) is 0. The third kappa shape index (κ3) is 31.7. The molecule has 0 aliphatic carbocycles. The fourth-order valence-electron chi connectivity index (χ4n) is 6.68. The molecule has 0 rings (SSSR count). The van der Waals surface area contributed by atoms with Gasteiger partial charge in [-0.15, -0.1) is 0 Å². The summed E-state index contributed by atoms with van der Waals surface area (Å²) < 4.78 is 33.4. The van der Waals surface area contributed by atoms with Crippen molar-refractivity contribution in [3.05, 3.63) is 0 Å². The minimum Gasteiger partial charge on any atom is -0.459 e. The third-order valence-corrected chi connectivity index (χ3v) is 10.5. The number of unbranched alkanes of at least 4 members (excludes halogenated alkanes) is 21. The molecule has 0 aliphatic heterocycles. The van der Waals surface area contributed by atoms with E-state index in [9.17, 15) is 28.8 Å². The molecular formula is C48H86O12. The zero-order valence-electron chi connectivity index (χ0n) is 38.8. The van der Waals surface area contributed by atoms with E-state index in [1.807, 2.05) is 0 Å². The van der Waals surface area contributed by atoms with Gasteiger partial charge in [0.1, 0.15) is 13.2 Å². The number of carbonyl (C=O) groups excluding carboxylic acids is 6. The van der Waals surface area contributed by atoms with Crippen LogP contribution in [0.25, 0.3) is 0 Å². The van der Waals surface area contributed by atoms with Crippen LogP contribution in [-0.4, -0.2) is 73.4 Å². The van der Waals surface area contributed by atoms with Crippen molar-refractivity contribution < 1.29 is 57.2 Å². The topological polar surface area (TPSA) is 158 Å². The van der Waals surface area contributed by atoms with E-state index in [-0.39, 0.29) is 38.5 Å². The molecule has 0 bridgehead atoms. The van der Waals surface area contributed by atoms with E-state index in [0.29, 0.717) is 19.3 Å². The minimum atomic E-state index is -1.29. The van der Waals surface area contributed by atoms with Gasteiger partial charge in [-0.25, -0.2) is 14.4 Å². The van der Waals surface area contributed by atoms with E-state index >= 15 is 0 Å². The van der Waals surface area contributed by atoms with E-state index in [4.69, 9.17) is 28.4 Å². The molecule has 0 fully saturated rings. The van der Waals surface area contributed by atoms with E-state index in [2.05, 4.69) is 20.8 Å². The predicted octanol–water partition coefficient (Wildman–Crippen LogP) is 11.5. The molecule has 350 valence electrons. The van der Waals surface area contributed by atoms with Gasteiger partial charge in [-0.3, -0.25) is 14.4 Å². The van der Waals surface area contributed by atoms with Crippen molar-refractivity contribution in [2.75, 3.05) is 13.2 Å². The van der Waals surface area contributed by atoms with E-state index < -0.39 is 73.4 Å². The highest BCUT2D eigenvalue weighted by Gasteiger charge is 2.31. The van der Waals surface area contributed by atoms with Crippen molar-refractivity contribution in [2.45, 2.75) is 259 Å². The number of ether oxygens (including phenoxy) is 6. The lowest BCUT2D eigenvalue weighted by Crippen LogP contribution is -2.39. The highest BCUT2D eigenvalue weighted by Crippen LogP contribution is 2.18. The number of rotatable bonds is 41. The summed E-state index contributed by atoms with van der Waals surface area (Å²) in [4.78, 5) is 77.4. The maximum atomic E-state index is 13.6. The van der Waals surface area contributed by atoms with Gasteiger partial charge in [0.2, 0.25) is 0 Å². The lowest BCUT2D eigenvalue weighted by atomic mass is 10.1. The fourth-order valence-corrected chi connectivity index (χ4v) is 6.68. The van der Waals surface area contributed by atoms with Crippen molar-refractivity contribution in [3.8, 4) is 0 Å². The van der Waals surface area contributed by atoms with E-state index in [0.717, 1.165) is 77.0 Å². The van der Waals surface area contributed by atoms with Gasteiger partial charge < -0.3 is 28.4 Å². The Kier molecular flexibility index (Phi) is 37.8. The Hall–Kier alpha value is -3.18. The van der Waals surface area contributed by atoms with Crippen molar-refractivity contribution in [3.63, 3.8) is 0 Å². The zero-order chi connectivity index (χ0) is 44.6. The van der Waals surface area contributed by atoms with Crippen LogP contribution >= 0.6 is 0 Å². The molecular weight excluding hydrogens is 769 g/mol. The van der Waals surface area contributed by atoms with Crippen LogP contribution in [-0.2, 0) is 57.2 Å². The van der Waals surface area contributed by atoms with E-state index in [1.165, 1.54) is 57.8 Å². The molecule has 0 amide bonds. The highest BCUT2D eigenvalue weighted by molar-refractivity contribution is 5.81. The average Bonchev–Trinajstić information content (AvgIpc) is 3.25. The molecule has 0 aromatic rings. The quantitative estimate of drug-likeness (QED) is 0.0326. The minimum absolute atomic E-state index is 0.0628. The highest BCUT2D eigenvalue weighted by atomic mass is 16.6. The second kappa shape index (κ2) is 39.9. The summed E-state index contributed by atoms with van der Waals surface area (Å²) in [6, 6.07) is 0. The van der Waals surface area contributed by atoms with E-state index in [1.54, 1.807) is 20.8 Å². The van der Waals surface area contributed by atoms with Gasteiger partial charge in [0, 0.05) is 19.3 Å². The molecule has 0 aromatic carbocycles. The standard InChI is InChI=1S/C48H86O12/c1-7-13-16-19-22-25-28-31-34-40(58-43(49)10-4)46(52)55-37-39(57-48(54)42(60-45(51)12-6)36-33-30-27-24-21-18-15-9-3)38-56-47(53)41(59-44(50)11-5)35-32-29-26-23-20-17-14-8-2/h39-42H,7-38H2,1-6H3. The Labute approximate surface area is 364 Å². The first-order valence-corrected chi connectivity index (χ1v) is 24.2. The maximum Gasteiger partial charge on any atom is 0.347 e. The van der Waals surface area contributed by atoms with Gasteiger partial charge in [0.05, 0.1) is 0 Å². The number of hydrogen-bond acceptors (Lipinski definition) is 12. The molecule has 0 N–H and O–H groups in total. The van der Waals surface area contributed by atoms with Crippen LogP contribution in [0.5, 0.6) is 0 Å². The molecule has 60 heavy (non-hydrogen) atoms. The Bertz CT molecular complexity index is 1070. The van der Waals surface area contributed by atoms with Gasteiger partial charge in [-0.2, -0.15) is 0 Å². The molecule has 12 nitrogen and oxygen atoms in total. The van der Waals surface area contributed by atoms with Gasteiger partial charge in [0.25, 0.3) is 0 Å². The average molecular weight is 855 g/mol. The monoisotopic (exact) mass is 855 g/mol. The molecule has 0 heterocycles. The second-order valence-electron chi connectivity index (χ2n) is 16.1. The van der Waals surface area contributed by atoms with Gasteiger partial charge in [-0.1, -0.05) is 176 Å². The van der Waals surface area contributed by atoms with Crippen LogP contribution in [0.2, 0.25) is 0 Å². The lowest BCUT2D eigenvalue weighted by molar-refractivity contribution is -0.185. The molecule has 3 atom stereocenters. The van der Waals surface area contributed by atoms with Gasteiger partial charge in [-0.05, 0) is 38.5 Å². The van der Waals surface area contributed by atoms with Crippen LogP contribution in [0.15, 0.2) is 0 Å². The second-order valence-corrected chi connectivity index (χ2v) is 16.1. The molecule has 0 saturated heterocycles. The Morgan fingerprint density at radius 1 is 0.317 bits per heavy atom. The number of esters is 6. The third-order valence-electron chi connectivity index (χ3n) is 10.5. The van der Waals surface area contributed by atoms with Crippen molar-refractivity contribution >= 4 is 35.8 Å². The number of hydrogen-bond donors (Lipinski definition) is 0. The van der Waals surface area contributed by atoms with Crippen LogP contribution in [0.4, 0.5) is 0 Å². The summed E-state index contributed by atoms with van der Waals surface area (Å²) in [6.45, 7) is 10.4. The maximum absolute atomic E-state index is 13.6. The number of carbonyl (C=O) groups is 6. The smallest absolute Gasteiger partial charge is 0.347 e.